The number of alkyl halides is 3. The summed E-state index contributed by atoms with van der Waals surface area (Å²) in [5.74, 6) is 0.458. The van der Waals surface area contributed by atoms with Crippen molar-refractivity contribution < 1.29 is 18.0 Å². The van der Waals surface area contributed by atoms with Gasteiger partial charge in [0.15, 0.2) is 0 Å². The van der Waals surface area contributed by atoms with E-state index in [2.05, 4.69) is 15.4 Å². The zero-order valence-electron chi connectivity index (χ0n) is 16.6. The summed E-state index contributed by atoms with van der Waals surface area (Å²) in [5.41, 5.74) is -0.250. The third kappa shape index (κ3) is 4.49. The molecule has 1 atom stereocenters. The van der Waals surface area contributed by atoms with Gasteiger partial charge in [-0.2, -0.15) is 18.3 Å². The van der Waals surface area contributed by atoms with Crippen molar-refractivity contribution in [1.29, 1.82) is 0 Å². The third-order valence-electron chi connectivity index (χ3n) is 4.88. The molecule has 1 saturated heterocycles. The third-order valence-corrected chi connectivity index (χ3v) is 5.15. The van der Waals surface area contributed by atoms with Gasteiger partial charge in [0.25, 0.3) is 0 Å². The smallest absolute Gasteiger partial charge is 0.343 e. The van der Waals surface area contributed by atoms with Gasteiger partial charge in [-0.3, -0.25) is 9.48 Å². The van der Waals surface area contributed by atoms with Gasteiger partial charge in [0, 0.05) is 31.3 Å². The summed E-state index contributed by atoms with van der Waals surface area (Å²) >= 11 is 6.07. The van der Waals surface area contributed by atoms with Gasteiger partial charge in [-0.05, 0) is 18.9 Å². The minimum Gasteiger partial charge on any atom is -0.343 e. The molecule has 1 amide bonds. The van der Waals surface area contributed by atoms with Gasteiger partial charge in [0.05, 0.1) is 16.3 Å². The van der Waals surface area contributed by atoms with E-state index in [1.54, 1.807) is 16.6 Å². The normalized spacial score (nSPS) is 17.7. The number of aryl methyl sites for hydroxylation is 1. The maximum absolute atomic E-state index is 12.9. The molecule has 1 aliphatic rings. The Balaban J connectivity index is 1.81. The van der Waals surface area contributed by atoms with Crippen LogP contribution in [0, 0.1) is 0 Å². The second-order valence-corrected chi connectivity index (χ2v) is 8.56. The van der Waals surface area contributed by atoms with Gasteiger partial charge >= 0.3 is 6.18 Å². The van der Waals surface area contributed by atoms with Gasteiger partial charge in [-0.1, -0.05) is 32.4 Å². The van der Waals surface area contributed by atoms with Crippen LogP contribution in [0.4, 0.5) is 24.8 Å². The lowest BCUT2D eigenvalue weighted by atomic mass is 9.92. The second-order valence-electron chi connectivity index (χ2n) is 8.16. The number of amides is 1. The number of hydrogen-bond acceptors (Lipinski definition) is 4. The van der Waals surface area contributed by atoms with E-state index in [0.717, 1.165) is 18.0 Å². The number of hydrogen-bond donors (Lipinski definition) is 1. The zero-order valence-corrected chi connectivity index (χ0v) is 17.4. The predicted octanol–water partition coefficient (Wildman–Crippen LogP) is 4.39. The zero-order chi connectivity index (χ0) is 21.6. The molecule has 6 nitrogen and oxygen atoms in total. The van der Waals surface area contributed by atoms with E-state index in [0.29, 0.717) is 25.2 Å². The second kappa shape index (κ2) is 7.51. The number of nitrogens with one attached hydrogen (secondary N) is 1. The molecule has 0 aromatic carbocycles. The maximum atomic E-state index is 12.9. The topological polar surface area (TPSA) is 63.1 Å². The summed E-state index contributed by atoms with van der Waals surface area (Å²) in [6.45, 7) is 6.56. The highest BCUT2D eigenvalue weighted by Crippen LogP contribution is 2.36. The molecular weight excluding hydrogens is 407 g/mol. The monoisotopic (exact) mass is 429 g/mol. The van der Waals surface area contributed by atoms with Crippen LogP contribution in [-0.2, 0) is 23.4 Å². The molecule has 10 heteroatoms. The molecule has 2 aromatic rings. The Bertz CT molecular complexity index is 920. The highest BCUT2D eigenvalue weighted by molar-refractivity contribution is 6.33. The Morgan fingerprint density at radius 2 is 1.97 bits per heavy atom. The van der Waals surface area contributed by atoms with Crippen molar-refractivity contribution in [2.75, 3.05) is 16.8 Å². The largest absolute Gasteiger partial charge is 0.417 e. The number of rotatable bonds is 3. The molecule has 0 spiro atoms. The first kappa shape index (κ1) is 21.4. The highest BCUT2D eigenvalue weighted by atomic mass is 35.5. The lowest BCUT2D eigenvalue weighted by Gasteiger charge is -2.26. The minimum atomic E-state index is -4.53. The Morgan fingerprint density at radius 3 is 2.52 bits per heavy atom. The molecule has 0 aliphatic carbocycles. The molecule has 1 unspecified atom stereocenters. The van der Waals surface area contributed by atoms with E-state index >= 15 is 0 Å². The molecule has 158 valence electrons. The molecule has 1 fully saturated rings. The first-order valence-electron chi connectivity index (χ1n) is 9.22. The van der Waals surface area contributed by atoms with E-state index in [-0.39, 0.29) is 22.2 Å². The van der Waals surface area contributed by atoms with Crippen LogP contribution in [0.25, 0.3) is 0 Å². The van der Waals surface area contributed by atoms with Crippen molar-refractivity contribution in [2.45, 2.75) is 51.2 Å². The SMILES string of the molecule is Cn1nc(C(C)(C)C)cc1NC(=O)C1CCCN1c1ncc(C(F)(F)F)cc1Cl. The average Bonchev–Trinajstić information content (AvgIpc) is 3.21. The van der Waals surface area contributed by atoms with Crippen molar-refractivity contribution >= 4 is 29.1 Å². The number of aromatic nitrogens is 3. The summed E-state index contributed by atoms with van der Waals surface area (Å²) in [6.07, 6.45) is -2.53. The summed E-state index contributed by atoms with van der Waals surface area (Å²) in [7, 11) is 1.74. The fraction of sp³-hybridized carbons (Fsp3) is 0.526. The van der Waals surface area contributed by atoms with Crippen LogP contribution in [0.3, 0.4) is 0 Å². The molecule has 1 N–H and O–H groups in total. The number of pyridine rings is 1. The standard InChI is InChI=1S/C19H23ClF3N5O/c1-18(2,3)14-9-15(27(4)26-14)25-17(29)13-6-5-7-28(13)16-12(20)8-11(10-24-16)19(21,22)23/h8-10,13H,5-7H2,1-4H3,(H,25,29). The fourth-order valence-corrected chi connectivity index (χ4v) is 3.53. The summed E-state index contributed by atoms with van der Waals surface area (Å²) < 4.78 is 40.2. The van der Waals surface area contributed by atoms with Crippen LogP contribution in [0.15, 0.2) is 18.3 Å². The van der Waals surface area contributed by atoms with Gasteiger partial charge in [0.2, 0.25) is 5.91 Å². The van der Waals surface area contributed by atoms with Gasteiger partial charge in [-0.15, -0.1) is 0 Å². The van der Waals surface area contributed by atoms with Crippen molar-refractivity contribution in [3.8, 4) is 0 Å². The van der Waals surface area contributed by atoms with Crippen molar-refractivity contribution in [3.63, 3.8) is 0 Å². The van der Waals surface area contributed by atoms with E-state index in [1.165, 1.54) is 0 Å². The van der Waals surface area contributed by atoms with Crippen molar-refractivity contribution in [1.82, 2.24) is 14.8 Å². The number of anilines is 2. The number of carbonyl (C=O) groups excluding carboxylic acids is 1. The Kier molecular flexibility index (Phi) is 5.55. The Labute approximate surface area is 172 Å². The molecule has 1 aliphatic heterocycles. The molecule has 0 bridgehead atoms. The van der Waals surface area contributed by atoms with E-state index in [1.807, 2.05) is 26.8 Å². The number of carbonyl (C=O) groups is 1. The Morgan fingerprint density at radius 1 is 1.28 bits per heavy atom. The van der Waals surface area contributed by atoms with Gasteiger partial charge < -0.3 is 10.2 Å². The molecule has 2 aromatic heterocycles. The molecule has 29 heavy (non-hydrogen) atoms. The van der Waals surface area contributed by atoms with Gasteiger partial charge in [-0.25, -0.2) is 4.98 Å². The van der Waals surface area contributed by atoms with E-state index < -0.39 is 17.8 Å². The summed E-state index contributed by atoms with van der Waals surface area (Å²) in [4.78, 5) is 18.5. The van der Waals surface area contributed by atoms with Crippen molar-refractivity contribution in [3.05, 3.63) is 34.6 Å². The fourth-order valence-electron chi connectivity index (χ4n) is 3.25. The maximum Gasteiger partial charge on any atom is 0.417 e. The van der Waals surface area contributed by atoms with E-state index in [9.17, 15) is 18.0 Å². The highest BCUT2D eigenvalue weighted by Gasteiger charge is 2.36. The molecule has 0 radical (unpaired) electrons. The summed E-state index contributed by atoms with van der Waals surface area (Å²) in [5, 5.41) is 7.17. The first-order valence-corrected chi connectivity index (χ1v) is 9.60. The van der Waals surface area contributed by atoms with Crippen LogP contribution in [0.1, 0.15) is 44.9 Å². The van der Waals surface area contributed by atoms with Gasteiger partial charge in [0.1, 0.15) is 17.7 Å². The molecule has 3 rings (SSSR count). The van der Waals surface area contributed by atoms with Crippen LogP contribution in [-0.4, -0.2) is 33.3 Å². The lowest BCUT2D eigenvalue weighted by Crippen LogP contribution is -2.40. The first-order chi connectivity index (χ1) is 13.4. The van der Waals surface area contributed by atoms with Crippen LogP contribution < -0.4 is 10.2 Å². The number of halogens is 4. The van der Waals surface area contributed by atoms with Crippen LogP contribution in [0.2, 0.25) is 5.02 Å². The predicted molar refractivity (Wildman–Crippen MR) is 105 cm³/mol. The number of nitrogens with zero attached hydrogens (tertiary/aromatic N) is 4. The van der Waals surface area contributed by atoms with E-state index in [4.69, 9.17) is 11.6 Å². The quantitative estimate of drug-likeness (QED) is 0.785. The Hall–Kier alpha value is -2.29. The van der Waals surface area contributed by atoms with Crippen LogP contribution >= 0.6 is 11.6 Å². The molecule has 0 saturated carbocycles. The molecular formula is C19H23ClF3N5O. The van der Waals surface area contributed by atoms with Crippen LogP contribution in [0.5, 0.6) is 0 Å². The van der Waals surface area contributed by atoms with Crippen molar-refractivity contribution in [2.24, 2.45) is 7.05 Å². The minimum absolute atomic E-state index is 0.130. The molecule has 3 heterocycles. The lowest BCUT2D eigenvalue weighted by molar-refractivity contribution is -0.137. The average molecular weight is 430 g/mol. The summed E-state index contributed by atoms with van der Waals surface area (Å²) in [6, 6.07) is 2.08.